The first kappa shape index (κ1) is 29.8. The first-order valence-corrected chi connectivity index (χ1v) is 15.1. The van der Waals surface area contributed by atoms with Crippen LogP contribution in [0, 0.1) is 17.8 Å². The summed E-state index contributed by atoms with van der Waals surface area (Å²) in [6.45, 7) is 12.8. The van der Waals surface area contributed by atoms with Gasteiger partial charge in [0, 0.05) is 25.7 Å². The fourth-order valence-corrected chi connectivity index (χ4v) is 7.79. The molecule has 4 fully saturated rings. The van der Waals surface area contributed by atoms with Crippen molar-refractivity contribution in [2.45, 2.75) is 108 Å². The number of aliphatic hydroxyl groups excluding tert-OH is 1. The van der Waals surface area contributed by atoms with Crippen LogP contribution in [0.3, 0.4) is 0 Å². The summed E-state index contributed by atoms with van der Waals surface area (Å²) < 4.78 is 12.5. The number of hydrogen-bond donors (Lipinski definition) is 1. The van der Waals surface area contributed by atoms with Gasteiger partial charge in [0.25, 0.3) is 0 Å². The summed E-state index contributed by atoms with van der Waals surface area (Å²) in [7, 11) is 0. The lowest BCUT2D eigenvalue weighted by atomic mass is 9.62. The van der Waals surface area contributed by atoms with Gasteiger partial charge in [-0.3, -0.25) is 14.4 Å². The fraction of sp³-hybridized carbons (Fsp3) is 0.774. The van der Waals surface area contributed by atoms with E-state index in [0.29, 0.717) is 38.8 Å². The molecule has 1 N–H and O–H groups in total. The van der Waals surface area contributed by atoms with Crippen molar-refractivity contribution >= 4 is 17.8 Å². The van der Waals surface area contributed by atoms with Crippen LogP contribution in [0.2, 0.25) is 0 Å². The fourth-order valence-electron chi connectivity index (χ4n) is 7.79. The number of carbonyl (C=O) groups is 3. The third-order valence-corrected chi connectivity index (χ3v) is 9.78. The van der Waals surface area contributed by atoms with Crippen LogP contribution in [0.25, 0.3) is 0 Å². The van der Waals surface area contributed by atoms with E-state index < -0.39 is 35.0 Å². The maximum absolute atomic E-state index is 14.6. The van der Waals surface area contributed by atoms with Crippen molar-refractivity contribution in [2.24, 2.45) is 17.8 Å². The molecule has 0 aromatic carbocycles. The second-order valence-electron chi connectivity index (χ2n) is 12.2. The Morgan fingerprint density at radius 2 is 1.90 bits per heavy atom. The smallest absolute Gasteiger partial charge is 0.312 e. The summed E-state index contributed by atoms with van der Waals surface area (Å²) in [5.41, 5.74) is -1.93. The van der Waals surface area contributed by atoms with Crippen LogP contribution >= 0.6 is 0 Å². The summed E-state index contributed by atoms with van der Waals surface area (Å²) in [6.07, 6.45) is 12.8. The molecule has 3 heterocycles. The molecule has 218 valence electrons. The van der Waals surface area contributed by atoms with Crippen LogP contribution in [0.4, 0.5) is 0 Å². The highest BCUT2D eigenvalue weighted by atomic mass is 16.6. The number of esters is 1. The maximum atomic E-state index is 14.6. The summed E-state index contributed by atoms with van der Waals surface area (Å²) >= 11 is 0. The van der Waals surface area contributed by atoms with E-state index in [4.69, 9.17) is 9.47 Å². The second kappa shape index (κ2) is 12.5. The number of unbranched alkanes of at least 4 members (excludes halogenated alkanes) is 3. The Morgan fingerprint density at radius 1 is 1.15 bits per heavy atom. The van der Waals surface area contributed by atoms with Crippen LogP contribution in [0.15, 0.2) is 25.3 Å². The van der Waals surface area contributed by atoms with Crippen molar-refractivity contribution in [1.82, 2.24) is 9.80 Å². The normalized spacial score (nSPS) is 33.7. The van der Waals surface area contributed by atoms with Gasteiger partial charge in [-0.25, -0.2) is 0 Å². The third-order valence-electron chi connectivity index (χ3n) is 9.78. The van der Waals surface area contributed by atoms with Crippen molar-refractivity contribution < 1.29 is 29.0 Å². The Bertz CT molecular complexity index is 932. The lowest BCUT2D eigenvalue weighted by Crippen LogP contribution is -2.58. The zero-order valence-corrected chi connectivity index (χ0v) is 23.9. The second-order valence-corrected chi connectivity index (χ2v) is 12.2. The molecule has 1 spiro atoms. The SMILES string of the molecule is C=CCCCOC(=O)[C@@H]1[C@H]2C(=O)N(CCCCCO)C(C(=O)N(CC=C)C3CCCCC3)C23CC(C)[C@@]1(C)O3. The van der Waals surface area contributed by atoms with E-state index in [1.165, 1.54) is 6.42 Å². The number of nitrogens with zero attached hydrogens (tertiary/aromatic N) is 2. The molecular formula is C31H48N2O6. The van der Waals surface area contributed by atoms with E-state index in [-0.39, 0.29) is 37.0 Å². The van der Waals surface area contributed by atoms with Crippen molar-refractivity contribution in [3.8, 4) is 0 Å². The molecule has 0 radical (unpaired) electrons. The zero-order valence-electron chi connectivity index (χ0n) is 23.9. The highest BCUT2D eigenvalue weighted by Crippen LogP contribution is 2.65. The van der Waals surface area contributed by atoms with Crippen LogP contribution < -0.4 is 0 Å². The number of aliphatic hydroxyl groups is 1. The van der Waals surface area contributed by atoms with Crippen LogP contribution in [-0.2, 0) is 23.9 Å². The molecule has 0 aromatic heterocycles. The van der Waals surface area contributed by atoms with Gasteiger partial charge in [0.15, 0.2) is 0 Å². The number of ether oxygens (including phenoxy) is 2. The largest absolute Gasteiger partial charge is 0.465 e. The monoisotopic (exact) mass is 544 g/mol. The van der Waals surface area contributed by atoms with Gasteiger partial charge >= 0.3 is 5.97 Å². The van der Waals surface area contributed by atoms with Gasteiger partial charge in [-0.05, 0) is 64.2 Å². The number of amides is 2. The van der Waals surface area contributed by atoms with Gasteiger partial charge in [-0.15, -0.1) is 13.2 Å². The van der Waals surface area contributed by atoms with Crippen LogP contribution in [-0.4, -0.2) is 82.3 Å². The molecule has 2 amide bonds. The Hall–Kier alpha value is -2.19. The Morgan fingerprint density at radius 3 is 2.56 bits per heavy atom. The number of hydrogen-bond acceptors (Lipinski definition) is 6. The molecule has 4 rings (SSSR count). The quantitative estimate of drug-likeness (QED) is 0.202. The van der Waals surface area contributed by atoms with Crippen molar-refractivity contribution in [3.63, 3.8) is 0 Å². The van der Waals surface area contributed by atoms with Gasteiger partial charge in [-0.2, -0.15) is 0 Å². The molecule has 1 aliphatic carbocycles. The number of carbonyl (C=O) groups excluding carboxylic acids is 3. The summed E-state index contributed by atoms with van der Waals surface area (Å²) in [5, 5.41) is 9.27. The Kier molecular flexibility index (Phi) is 9.58. The third kappa shape index (κ3) is 5.31. The molecule has 3 aliphatic heterocycles. The van der Waals surface area contributed by atoms with Crippen LogP contribution in [0.5, 0.6) is 0 Å². The average Bonchev–Trinajstić information content (AvgIpc) is 3.44. The molecule has 6 atom stereocenters. The average molecular weight is 545 g/mol. The standard InChI is InChI=1S/C31H48N2O6/c1-5-7-14-20-38-29(37)25-24-27(35)33(18-12-9-13-19-34)26(31(24)21-22(3)30(25,4)39-31)28(36)32(17-6-2)23-15-10-8-11-16-23/h5-6,22-26,34H,1-2,7-21H2,3-4H3/t22?,24-,25-,26?,30+,31?/m0/s1. The van der Waals surface area contributed by atoms with Crippen molar-refractivity contribution in [2.75, 3.05) is 26.3 Å². The summed E-state index contributed by atoms with van der Waals surface area (Å²) in [6, 6.07) is -0.669. The van der Waals surface area contributed by atoms with Gasteiger partial charge in [0.2, 0.25) is 11.8 Å². The Labute approximate surface area is 233 Å². The molecule has 4 aliphatic rings. The van der Waals surface area contributed by atoms with Gasteiger partial charge in [-0.1, -0.05) is 38.3 Å². The van der Waals surface area contributed by atoms with Crippen molar-refractivity contribution in [3.05, 3.63) is 25.3 Å². The van der Waals surface area contributed by atoms with Crippen LogP contribution in [0.1, 0.15) is 84.5 Å². The molecule has 3 unspecified atom stereocenters. The van der Waals surface area contributed by atoms with E-state index >= 15 is 0 Å². The van der Waals surface area contributed by atoms with E-state index in [9.17, 15) is 19.5 Å². The lowest BCUT2D eigenvalue weighted by molar-refractivity contribution is -0.162. The zero-order chi connectivity index (χ0) is 28.2. The number of likely N-dealkylation sites (tertiary alicyclic amines) is 1. The molecule has 3 saturated heterocycles. The highest BCUT2D eigenvalue weighted by Gasteiger charge is 2.80. The molecular weight excluding hydrogens is 496 g/mol. The minimum atomic E-state index is -1.06. The number of rotatable bonds is 14. The maximum Gasteiger partial charge on any atom is 0.312 e. The summed E-state index contributed by atoms with van der Waals surface area (Å²) in [4.78, 5) is 46.0. The predicted molar refractivity (Wildman–Crippen MR) is 149 cm³/mol. The molecule has 2 bridgehead atoms. The van der Waals surface area contributed by atoms with Gasteiger partial charge in [0.1, 0.15) is 17.6 Å². The molecule has 8 heteroatoms. The van der Waals surface area contributed by atoms with E-state index in [1.807, 2.05) is 11.8 Å². The first-order valence-electron chi connectivity index (χ1n) is 15.1. The number of fused-ring (bicyclic) bond motifs is 1. The summed E-state index contributed by atoms with van der Waals surface area (Å²) in [5.74, 6) is -2.18. The minimum Gasteiger partial charge on any atom is -0.465 e. The van der Waals surface area contributed by atoms with E-state index in [2.05, 4.69) is 20.1 Å². The molecule has 8 nitrogen and oxygen atoms in total. The van der Waals surface area contributed by atoms with Gasteiger partial charge in [0.05, 0.1) is 18.1 Å². The number of allylic oxidation sites excluding steroid dienone is 1. The van der Waals surface area contributed by atoms with Gasteiger partial charge < -0.3 is 24.4 Å². The molecule has 0 aromatic rings. The highest BCUT2D eigenvalue weighted by molar-refractivity contribution is 5.98. The minimum absolute atomic E-state index is 0.0144. The molecule has 39 heavy (non-hydrogen) atoms. The molecule has 1 saturated carbocycles. The van der Waals surface area contributed by atoms with E-state index in [1.54, 1.807) is 17.1 Å². The Balaban J connectivity index is 1.69. The topological polar surface area (TPSA) is 96.4 Å². The first-order chi connectivity index (χ1) is 18.8. The predicted octanol–water partition coefficient (Wildman–Crippen LogP) is 4.02. The van der Waals surface area contributed by atoms with Crippen molar-refractivity contribution in [1.29, 1.82) is 0 Å². The lowest BCUT2D eigenvalue weighted by Gasteiger charge is -2.41. The van der Waals surface area contributed by atoms with E-state index in [0.717, 1.165) is 38.5 Å².